The summed E-state index contributed by atoms with van der Waals surface area (Å²) < 4.78 is 104. The van der Waals surface area contributed by atoms with E-state index in [-0.39, 0.29) is 30.9 Å². The molecule has 9 nitrogen and oxygen atoms in total. The summed E-state index contributed by atoms with van der Waals surface area (Å²) in [5.74, 6) is -1.87. The highest BCUT2D eigenvalue weighted by Gasteiger charge is 2.41. The minimum Gasteiger partial charge on any atom is -0.493 e. The number of sulfonamides is 1. The van der Waals surface area contributed by atoms with Crippen LogP contribution >= 0.6 is 0 Å². The van der Waals surface area contributed by atoms with Gasteiger partial charge in [-0.25, -0.2) is 22.2 Å². The number of halogens is 4. The Hall–Kier alpha value is -6.51. The van der Waals surface area contributed by atoms with Crippen molar-refractivity contribution < 1.29 is 45.0 Å². The summed E-state index contributed by atoms with van der Waals surface area (Å²) in [5, 5.41) is 5.56. The summed E-state index contributed by atoms with van der Waals surface area (Å²) >= 11 is 0. The first-order valence-electron chi connectivity index (χ1n) is 19.0. The van der Waals surface area contributed by atoms with Crippen LogP contribution in [0.4, 0.5) is 17.6 Å². The van der Waals surface area contributed by atoms with Gasteiger partial charge in [-0.2, -0.15) is 18.3 Å². The fourth-order valence-corrected chi connectivity index (χ4v) is 8.57. The second-order valence-electron chi connectivity index (χ2n) is 14.2. The second kappa shape index (κ2) is 16.6. The van der Waals surface area contributed by atoms with Gasteiger partial charge in [0.25, 0.3) is 15.9 Å². The van der Waals surface area contributed by atoms with Crippen molar-refractivity contribution >= 4 is 26.8 Å². The summed E-state index contributed by atoms with van der Waals surface area (Å²) in [7, 11) is -4.86. The molecule has 2 atom stereocenters. The average molecular weight is 836 g/mol. The van der Waals surface area contributed by atoms with Gasteiger partial charge in [0.2, 0.25) is 0 Å². The van der Waals surface area contributed by atoms with Crippen molar-refractivity contribution in [2.45, 2.75) is 35.8 Å². The van der Waals surface area contributed by atoms with Crippen molar-refractivity contribution in [1.29, 1.82) is 0 Å². The van der Waals surface area contributed by atoms with E-state index >= 15 is 0 Å². The van der Waals surface area contributed by atoms with Crippen LogP contribution in [0, 0.1) is 5.92 Å². The molecule has 7 aromatic rings. The van der Waals surface area contributed by atoms with Crippen LogP contribution in [-0.4, -0.2) is 43.7 Å². The summed E-state index contributed by atoms with van der Waals surface area (Å²) in [5.41, 5.74) is 0.997. The quantitative estimate of drug-likeness (QED) is 0.0965. The molecule has 0 radical (unpaired) electrons. The molecule has 2 unspecified atom stereocenters. The Morgan fingerprint density at radius 1 is 0.767 bits per heavy atom. The maximum Gasteiger partial charge on any atom is 0.420 e. The molecule has 8 rings (SSSR count). The third kappa shape index (κ3) is 7.95. The molecule has 1 amide bonds. The van der Waals surface area contributed by atoms with E-state index in [1.54, 1.807) is 24.4 Å². The molecular weight excluding hydrogens is 799 g/mol. The number of benzene rings is 6. The van der Waals surface area contributed by atoms with E-state index in [4.69, 9.17) is 19.3 Å². The van der Waals surface area contributed by atoms with E-state index in [2.05, 4.69) is 0 Å². The van der Waals surface area contributed by atoms with Crippen LogP contribution in [0.5, 0.6) is 17.2 Å². The molecule has 1 aliphatic heterocycles. The number of fused-ring (bicyclic) bond motifs is 1. The van der Waals surface area contributed by atoms with Crippen LogP contribution in [0.2, 0.25) is 0 Å². The fraction of sp³-hybridized carbons (Fsp3) is 0.174. The molecule has 1 N–H and O–H groups in total. The van der Waals surface area contributed by atoms with Crippen molar-refractivity contribution in [2.24, 2.45) is 5.92 Å². The molecule has 2 heterocycles. The summed E-state index contributed by atoms with van der Waals surface area (Å²) in [4.78, 5) is 12.9. The number of hydrogen-bond acceptors (Lipinski definition) is 7. The summed E-state index contributed by atoms with van der Waals surface area (Å²) in [6.07, 6.45) is -4.54. The van der Waals surface area contributed by atoms with Crippen LogP contribution in [0.3, 0.4) is 0 Å². The lowest BCUT2D eigenvalue weighted by Crippen LogP contribution is -2.38. The van der Waals surface area contributed by atoms with Gasteiger partial charge in [-0.1, -0.05) is 109 Å². The van der Waals surface area contributed by atoms with Gasteiger partial charge < -0.3 is 14.2 Å². The number of nitrogens with zero attached hydrogens (tertiary/aromatic N) is 2. The first-order chi connectivity index (χ1) is 28.9. The van der Waals surface area contributed by atoms with Gasteiger partial charge in [0.05, 0.1) is 46.3 Å². The molecule has 60 heavy (non-hydrogen) atoms. The predicted molar refractivity (Wildman–Crippen MR) is 216 cm³/mol. The van der Waals surface area contributed by atoms with Crippen LogP contribution in [0.1, 0.15) is 45.5 Å². The number of carbonyl (C=O) groups excluding carboxylic acids is 1. The van der Waals surface area contributed by atoms with E-state index in [1.807, 2.05) is 106 Å². The Morgan fingerprint density at radius 3 is 1.98 bits per heavy atom. The maximum absolute atomic E-state index is 14.2. The SMILES string of the molecule is O=C(NS(=O)(=O)c1ccc(OCC2CCOC(F)C2)c(C(F)(F)F)c1)c1ccccc1Oc1cccc2c1cnn2C(c1ccccc1)(c1ccccc1)c1ccccc1. The molecule has 1 saturated heterocycles. The number of amides is 1. The number of rotatable bonds is 12. The lowest BCUT2D eigenvalue weighted by atomic mass is 9.77. The van der Waals surface area contributed by atoms with Crippen LogP contribution in [0.15, 0.2) is 163 Å². The number of alkyl halides is 4. The minimum atomic E-state index is -5.01. The highest BCUT2D eigenvalue weighted by molar-refractivity contribution is 7.90. The van der Waals surface area contributed by atoms with Crippen molar-refractivity contribution in [3.63, 3.8) is 0 Å². The summed E-state index contributed by atoms with van der Waals surface area (Å²) in [6, 6.07) is 43.4. The topological polar surface area (TPSA) is 109 Å². The van der Waals surface area contributed by atoms with E-state index in [0.717, 1.165) is 28.8 Å². The normalized spacial score (nSPS) is 16.0. The Bertz CT molecular complexity index is 2640. The zero-order valence-corrected chi connectivity index (χ0v) is 32.6. The third-order valence-corrected chi connectivity index (χ3v) is 11.8. The number of hydrogen-bond donors (Lipinski definition) is 1. The first kappa shape index (κ1) is 40.3. The fourth-order valence-electron chi connectivity index (χ4n) is 7.58. The van der Waals surface area contributed by atoms with E-state index in [9.17, 15) is 30.8 Å². The smallest absolute Gasteiger partial charge is 0.420 e. The van der Waals surface area contributed by atoms with Crippen LogP contribution in [0.25, 0.3) is 10.9 Å². The van der Waals surface area contributed by atoms with Gasteiger partial charge in [0.1, 0.15) is 22.8 Å². The predicted octanol–water partition coefficient (Wildman–Crippen LogP) is 9.91. The molecule has 306 valence electrons. The van der Waals surface area contributed by atoms with Gasteiger partial charge in [0.15, 0.2) is 6.36 Å². The maximum atomic E-state index is 14.2. The van der Waals surface area contributed by atoms with E-state index < -0.39 is 56.1 Å². The highest BCUT2D eigenvalue weighted by Crippen LogP contribution is 2.44. The molecule has 0 spiro atoms. The largest absolute Gasteiger partial charge is 0.493 e. The molecule has 1 aromatic heterocycles. The standard InChI is InChI=1S/C46H37F4N3O6S/c47-43-27-31(25-26-57-43)30-58-42-24-23-35(28-38(42)46(48,49)50)60(55,56)52-44(54)36-19-10-11-21-40(36)59-41-22-12-20-39-37(41)29-51-53(39)45(32-13-4-1-5-14-32,33-15-6-2-7-16-33)34-17-8-3-9-18-34/h1-24,28-29,31,43H,25-27,30H2,(H,52,54). The number of carbonyl (C=O) groups is 1. The average Bonchev–Trinajstić information content (AvgIpc) is 3.69. The Morgan fingerprint density at radius 2 is 1.37 bits per heavy atom. The molecule has 0 aliphatic carbocycles. The molecule has 0 saturated carbocycles. The van der Waals surface area contributed by atoms with Crippen molar-refractivity contribution in [1.82, 2.24) is 14.5 Å². The first-order valence-corrected chi connectivity index (χ1v) is 20.5. The van der Waals surface area contributed by atoms with Gasteiger partial charge in [-0.15, -0.1) is 0 Å². The van der Waals surface area contributed by atoms with E-state index in [1.165, 1.54) is 18.2 Å². The van der Waals surface area contributed by atoms with Crippen molar-refractivity contribution in [2.75, 3.05) is 13.2 Å². The Kier molecular flexibility index (Phi) is 11.2. The third-order valence-electron chi connectivity index (χ3n) is 10.4. The van der Waals surface area contributed by atoms with E-state index in [0.29, 0.717) is 29.1 Å². The molecule has 6 aromatic carbocycles. The van der Waals surface area contributed by atoms with Crippen LogP contribution in [-0.2, 0) is 26.5 Å². The molecule has 1 aliphatic rings. The Labute approximate surface area is 343 Å². The number of ether oxygens (including phenoxy) is 3. The molecular formula is C46H37F4N3O6S. The zero-order valence-electron chi connectivity index (χ0n) is 31.8. The monoisotopic (exact) mass is 835 g/mol. The highest BCUT2D eigenvalue weighted by atomic mass is 32.2. The van der Waals surface area contributed by atoms with Gasteiger partial charge in [0, 0.05) is 12.3 Å². The lowest BCUT2D eigenvalue weighted by Gasteiger charge is -2.37. The lowest BCUT2D eigenvalue weighted by molar-refractivity contribution is -0.139. The van der Waals surface area contributed by atoms with Gasteiger partial charge in [-0.3, -0.25) is 4.79 Å². The second-order valence-corrected chi connectivity index (χ2v) is 15.9. The molecule has 1 fully saturated rings. The summed E-state index contributed by atoms with van der Waals surface area (Å²) in [6.45, 7) is -0.124. The number of para-hydroxylation sites is 1. The van der Waals surface area contributed by atoms with Crippen molar-refractivity contribution in [3.05, 3.63) is 186 Å². The number of aromatic nitrogens is 2. The minimum absolute atomic E-state index is 0.0192. The van der Waals surface area contributed by atoms with Crippen LogP contribution < -0.4 is 14.2 Å². The van der Waals surface area contributed by atoms with Gasteiger partial charge >= 0.3 is 6.18 Å². The Balaban J connectivity index is 1.11. The molecule has 14 heteroatoms. The number of nitrogens with one attached hydrogen (secondary N) is 1. The van der Waals surface area contributed by atoms with Crippen molar-refractivity contribution in [3.8, 4) is 17.2 Å². The zero-order chi connectivity index (χ0) is 41.9. The molecule has 0 bridgehead atoms. The van der Waals surface area contributed by atoms with Gasteiger partial charge in [-0.05, 0) is 65.6 Å².